The molecule has 0 atom stereocenters. The lowest BCUT2D eigenvalue weighted by atomic mass is 10.1. The maximum atomic E-state index is 12.0. The van der Waals surface area contributed by atoms with Crippen LogP contribution in [-0.4, -0.2) is 46.9 Å². The van der Waals surface area contributed by atoms with Crippen molar-refractivity contribution in [3.05, 3.63) is 53.6 Å². The van der Waals surface area contributed by atoms with Gasteiger partial charge in [0.2, 0.25) is 0 Å². The van der Waals surface area contributed by atoms with Crippen LogP contribution < -0.4 is 24.3 Å². The SMILES string of the molecule is COc1ccc(OC)c(/C=C/C(=O)OCC(=O)NCc2ccc(OC)c(OC)c2)c1. The van der Waals surface area contributed by atoms with Gasteiger partial charge in [0, 0.05) is 18.2 Å². The molecule has 2 rings (SSSR count). The Morgan fingerprint density at radius 2 is 1.57 bits per heavy atom. The van der Waals surface area contributed by atoms with Gasteiger partial charge in [0.15, 0.2) is 18.1 Å². The van der Waals surface area contributed by atoms with Crippen LogP contribution in [0, 0.1) is 0 Å². The smallest absolute Gasteiger partial charge is 0.331 e. The van der Waals surface area contributed by atoms with Crippen molar-refractivity contribution in [1.82, 2.24) is 5.32 Å². The molecule has 1 amide bonds. The molecular weight excluding hydrogens is 390 g/mol. The summed E-state index contributed by atoms with van der Waals surface area (Å²) >= 11 is 0. The highest BCUT2D eigenvalue weighted by molar-refractivity contribution is 5.89. The van der Waals surface area contributed by atoms with Crippen molar-refractivity contribution in [3.8, 4) is 23.0 Å². The molecule has 0 aliphatic carbocycles. The van der Waals surface area contributed by atoms with Crippen molar-refractivity contribution >= 4 is 18.0 Å². The highest BCUT2D eigenvalue weighted by Crippen LogP contribution is 2.27. The first-order valence-electron chi connectivity index (χ1n) is 9.05. The Balaban J connectivity index is 1.85. The Hall–Kier alpha value is -3.68. The number of rotatable bonds is 10. The molecule has 0 bridgehead atoms. The minimum Gasteiger partial charge on any atom is -0.497 e. The predicted molar refractivity (Wildman–Crippen MR) is 111 cm³/mol. The first-order valence-corrected chi connectivity index (χ1v) is 9.05. The molecule has 0 radical (unpaired) electrons. The van der Waals surface area contributed by atoms with E-state index in [1.54, 1.807) is 50.6 Å². The first-order chi connectivity index (χ1) is 14.5. The van der Waals surface area contributed by atoms with Crippen LogP contribution >= 0.6 is 0 Å². The van der Waals surface area contributed by atoms with Gasteiger partial charge in [-0.15, -0.1) is 0 Å². The fraction of sp³-hybridized carbons (Fsp3) is 0.273. The Morgan fingerprint density at radius 3 is 2.23 bits per heavy atom. The Bertz CT molecular complexity index is 908. The predicted octanol–water partition coefficient (Wildman–Crippen LogP) is 2.59. The molecule has 0 spiro atoms. The highest BCUT2D eigenvalue weighted by atomic mass is 16.5. The van der Waals surface area contributed by atoms with Gasteiger partial charge in [-0.3, -0.25) is 4.79 Å². The second-order valence-corrected chi connectivity index (χ2v) is 6.01. The van der Waals surface area contributed by atoms with Gasteiger partial charge in [0.05, 0.1) is 28.4 Å². The summed E-state index contributed by atoms with van der Waals surface area (Å²) in [6, 6.07) is 10.5. The van der Waals surface area contributed by atoms with E-state index < -0.39 is 18.5 Å². The summed E-state index contributed by atoms with van der Waals surface area (Å²) in [6.45, 7) is -0.140. The Labute approximate surface area is 175 Å². The lowest BCUT2D eigenvalue weighted by Crippen LogP contribution is -2.28. The zero-order chi connectivity index (χ0) is 21.9. The zero-order valence-electron chi connectivity index (χ0n) is 17.4. The van der Waals surface area contributed by atoms with Crippen LogP contribution in [0.3, 0.4) is 0 Å². The number of carbonyl (C=O) groups is 2. The number of hydrogen-bond donors (Lipinski definition) is 1. The summed E-state index contributed by atoms with van der Waals surface area (Å²) in [4.78, 5) is 23.9. The zero-order valence-corrected chi connectivity index (χ0v) is 17.4. The van der Waals surface area contributed by atoms with E-state index in [1.807, 2.05) is 0 Å². The van der Waals surface area contributed by atoms with E-state index in [-0.39, 0.29) is 6.54 Å². The summed E-state index contributed by atoms with van der Waals surface area (Å²) in [6.07, 6.45) is 2.75. The van der Waals surface area contributed by atoms with Crippen molar-refractivity contribution < 1.29 is 33.3 Å². The molecule has 8 nitrogen and oxygen atoms in total. The average molecular weight is 415 g/mol. The van der Waals surface area contributed by atoms with Crippen LogP contribution in [0.2, 0.25) is 0 Å². The molecule has 1 N–H and O–H groups in total. The molecule has 2 aromatic rings. The van der Waals surface area contributed by atoms with E-state index in [1.165, 1.54) is 26.4 Å². The summed E-state index contributed by atoms with van der Waals surface area (Å²) in [7, 11) is 6.16. The van der Waals surface area contributed by atoms with Gasteiger partial charge in [0.1, 0.15) is 11.5 Å². The largest absolute Gasteiger partial charge is 0.497 e. The maximum Gasteiger partial charge on any atom is 0.331 e. The second kappa shape index (κ2) is 11.4. The van der Waals surface area contributed by atoms with Crippen LogP contribution in [0.4, 0.5) is 0 Å². The molecule has 0 aliphatic heterocycles. The minimum atomic E-state index is -0.652. The van der Waals surface area contributed by atoms with Crippen molar-refractivity contribution in [2.75, 3.05) is 35.0 Å². The summed E-state index contributed by atoms with van der Waals surface area (Å²) in [5, 5.41) is 2.68. The molecule has 0 aliphatic rings. The molecular formula is C22H25NO7. The van der Waals surface area contributed by atoms with Gasteiger partial charge in [-0.1, -0.05) is 6.07 Å². The lowest BCUT2D eigenvalue weighted by Gasteiger charge is -2.10. The van der Waals surface area contributed by atoms with Gasteiger partial charge in [0.25, 0.3) is 5.91 Å². The molecule has 8 heteroatoms. The minimum absolute atomic E-state index is 0.258. The fourth-order valence-electron chi connectivity index (χ4n) is 2.55. The third kappa shape index (κ3) is 6.44. The third-order valence-electron chi connectivity index (χ3n) is 4.12. The van der Waals surface area contributed by atoms with E-state index >= 15 is 0 Å². The van der Waals surface area contributed by atoms with E-state index in [0.29, 0.717) is 28.6 Å². The molecule has 0 saturated heterocycles. The van der Waals surface area contributed by atoms with Crippen LogP contribution in [-0.2, 0) is 20.9 Å². The molecule has 2 aromatic carbocycles. The first kappa shape index (κ1) is 22.6. The molecule has 0 unspecified atom stereocenters. The maximum absolute atomic E-state index is 12.0. The lowest BCUT2D eigenvalue weighted by molar-refractivity contribution is -0.143. The van der Waals surface area contributed by atoms with Gasteiger partial charge >= 0.3 is 5.97 Å². The fourth-order valence-corrected chi connectivity index (χ4v) is 2.55. The molecule has 0 saturated carbocycles. The molecule has 0 heterocycles. The van der Waals surface area contributed by atoms with Crippen LogP contribution in [0.1, 0.15) is 11.1 Å². The number of esters is 1. The Kier molecular flexibility index (Phi) is 8.56. The monoisotopic (exact) mass is 415 g/mol. The van der Waals surface area contributed by atoms with E-state index in [4.69, 9.17) is 23.7 Å². The van der Waals surface area contributed by atoms with Gasteiger partial charge in [-0.2, -0.15) is 0 Å². The number of benzene rings is 2. The molecule has 30 heavy (non-hydrogen) atoms. The number of amides is 1. The number of hydrogen-bond acceptors (Lipinski definition) is 7. The van der Waals surface area contributed by atoms with Crippen molar-refractivity contribution in [2.24, 2.45) is 0 Å². The van der Waals surface area contributed by atoms with E-state index in [9.17, 15) is 9.59 Å². The van der Waals surface area contributed by atoms with E-state index in [0.717, 1.165) is 5.56 Å². The number of carbonyl (C=O) groups excluding carboxylic acids is 2. The van der Waals surface area contributed by atoms with Gasteiger partial charge in [-0.25, -0.2) is 4.79 Å². The second-order valence-electron chi connectivity index (χ2n) is 6.01. The van der Waals surface area contributed by atoms with Crippen molar-refractivity contribution in [2.45, 2.75) is 6.54 Å². The number of nitrogens with one attached hydrogen (secondary N) is 1. The molecule has 0 fully saturated rings. The van der Waals surface area contributed by atoms with E-state index in [2.05, 4.69) is 5.32 Å². The average Bonchev–Trinajstić information content (AvgIpc) is 2.79. The summed E-state index contributed by atoms with van der Waals surface area (Å²) in [5.74, 6) is 1.28. The van der Waals surface area contributed by atoms with Crippen LogP contribution in [0.15, 0.2) is 42.5 Å². The topological polar surface area (TPSA) is 92.3 Å². The molecule has 160 valence electrons. The molecule has 0 aromatic heterocycles. The van der Waals surface area contributed by atoms with Crippen molar-refractivity contribution in [3.63, 3.8) is 0 Å². The normalized spacial score (nSPS) is 10.4. The van der Waals surface area contributed by atoms with Gasteiger partial charge in [-0.05, 0) is 42.0 Å². The van der Waals surface area contributed by atoms with Crippen LogP contribution in [0.25, 0.3) is 6.08 Å². The summed E-state index contributed by atoms with van der Waals surface area (Å²) in [5.41, 5.74) is 1.46. The highest BCUT2D eigenvalue weighted by Gasteiger charge is 2.08. The standard InChI is InChI=1S/C22H25NO7/c1-26-17-7-9-18(27-2)16(12-17)6-10-22(25)30-14-21(24)23-13-15-5-8-19(28-3)20(11-15)29-4/h5-12H,13-14H2,1-4H3,(H,23,24)/b10-6+. The van der Waals surface area contributed by atoms with Crippen LogP contribution in [0.5, 0.6) is 23.0 Å². The quantitative estimate of drug-likeness (QED) is 0.471. The third-order valence-corrected chi connectivity index (χ3v) is 4.12. The summed E-state index contributed by atoms with van der Waals surface area (Å²) < 4.78 is 25.8. The van der Waals surface area contributed by atoms with Crippen molar-refractivity contribution in [1.29, 1.82) is 0 Å². The Morgan fingerprint density at radius 1 is 0.867 bits per heavy atom. The number of ether oxygens (including phenoxy) is 5. The number of methoxy groups -OCH3 is 4. The van der Waals surface area contributed by atoms with Gasteiger partial charge < -0.3 is 29.0 Å².